The largest absolute Gasteiger partial charge is 0.444 e. The summed E-state index contributed by atoms with van der Waals surface area (Å²) in [6.45, 7) is 9.67. The van der Waals surface area contributed by atoms with Gasteiger partial charge in [0.15, 0.2) is 0 Å². The quantitative estimate of drug-likeness (QED) is 0.683. The van der Waals surface area contributed by atoms with Crippen LogP contribution in [0.1, 0.15) is 72.6 Å². The van der Waals surface area contributed by atoms with E-state index in [1.807, 2.05) is 32.7 Å². The molecule has 1 amide bonds. The molecule has 1 heterocycles. The molecule has 1 fully saturated rings. The van der Waals surface area contributed by atoms with Gasteiger partial charge in [-0.1, -0.05) is 39.0 Å². The van der Waals surface area contributed by atoms with Gasteiger partial charge in [-0.15, -0.1) is 0 Å². The molecule has 0 saturated carbocycles. The van der Waals surface area contributed by atoms with Gasteiger partial charge in [0.1, 0.15) is 5.60 Å². The first kappa shape index (κ1) is 19.3. The lowest BCUT2D eigenvalue weighted by molar-refractivity contribution is 0.0285. The van der Waals surface area contributed by atoms with Crippen LogP contribution >= 0.6 is 0 Å². The molecule has 1 N–H and O–H groups in total. The summed E-state index contributed by atoms with van der Waals surface area (Å²) < 4.78 is 5.48. The lowest BCUT2D eigenvalue weighted by Crippen LogP contribution is -2.38. The number of ether oxygens (including phenoxy) is 1. The van der Waals surface area contributed by atoms with Crippen molar-refractivity contribution in [2.45, 2.75) is 84.3 Å². The summed E-state index contributed by atoms with van der Waals surface area (Å²) in [5.41, 5.74) is -0.406. The molecule has 0 radical (unpaired) electrons. The number of carbonyl (C=O) groups excluding carboxylic acids is 1. The van der Waals surface area contributed by atoms with Crippen LogP contribution in [0, 0.1) is 5.92 Å². The van der Waals surface area contributed by atoms with Gasteiger partial charge in [0.25, 0.3) is 0 Å². The molecular weight excluding hydrogens is 276 g/mol. The normalized spacial score (nSPS) is 20.2. The van der Waals surface area contributed by atoms with Crippen LogP contribution < -0.4 is 5.32 Å². The highest BCUT2D eigenvalue weighted by Crippen LogP contribution is 2.24. The first-order chi connectivity index (χ1) is 10.4. The number of likely N-dealkylation sites (tertiary alicyclic amines) is 1. The van der Waals surface area contributed by atoms with Crippen LogP contribution in [0.2, 0.25) is 0 Å². The molecule has 0 aromatic rings. The lowest BCUT2D eigenvalue weighted by atomic mass is 9.94. The van der Waals surface area contributed by atoms with Crippen LogP contribution in [-0.2, 0) is 4.74 Å². The van der Waals surface area contributed by atoms with Crippen LogP contribution in [0.25, 0.3) is 0 Å². The molecule has 2 atom stereocenters. The second-order valence-corrected chi connectivity index (χ2v) is 7.57. The first-order valence-electron chi connectivity index (χ1n) is 9.02. The van der Waals surface area contributed by atoms with Gasteiger partial charge in [-0.05, 0) is 46.6 Å². The van der Waals surface area contributed by atoms with Crippen molar-refractivity contribution in [3.8, 4) is 0 Å². The maximum Gasteiger partial charge on any atom is 0.410 e. The highest BCUT2D eigenvalue weighted by molar-refractivity contribution is 5.68. The number of amides is 1. The monoisotopic (exact) mass is 312 g/mol. The summed E-state index contributed by atoms with van der Waals surface area (Å²) in [6, 6.07) is 0.522. The van der Waals surface area contributed by atoms with Gasteiger partial charge in [0.05, 0.1) is 0 Å². The average molecular weight is 312 g/mol. The minimum absolute atomic E-state index is 0.159. The molecule has 2 unspecified atom stereocenters. The van der Waals surface area contributed by atoms with E-state index in [2.05, 4.69) is 12.2 Å². The fourth-order valence-corrected chi connectivity index (χ4v) is 3.19. The van der Waals surface area contributed by atoms with Crippen molar-refractivity contribution >= 4 is 6.09 Å². The van der Waals surface area contributed by atoms with Crippen molar-refractivity contribution in [3.05, 3.63) is 0 Å². The van der Waals surface area contributed by atoms with Crippen molar-refractivity contribution in [1.29, 1.82) is 0 Å². The molecule has 1 rings (SSSR count). The molecule has 1 saturated heterocycles. The topological polar surface area (TPSA) is 41.6 Å². The molecule has 0 aromatic heterocycles. The number of carbonyl (C=O) groups is 1. The molecule has 0 aromatic carbocycles. The van der Waals surface area contributed by atoms with Crippen LogP contribution in [0.15, 0.2) is 0 Å². The van der Waals surface area contributed by atoms with E-state index in [9.17, 15) is 4.79 Å². The van der Waals surface area contributed by atoms with E-state index in [1.165, 1.54) is 38.5 Å². The Morgan fingerprint density at radius 3 is 2.55 bits per heavy atom. The smallest absolute Gasteiger partial charge is 0.410 e. The van der Waals surface area contributed by atoms with E-state index in [-0.39, 0.29) is 6.09 Å². The van der Waals surface area contributed by atoms with Crippen molar-refractivity contribution in [3.63, 3.8) is 0 Å². The highest BCUT2D eigenvalue weighted by atomic mass is 16.6. The van der Waals surface area contributed by atoms with Crippen molar-refractivity contribution < 1.29 is 9.53 Å². The second-order valence-electron chi connectivity index (χ2n) is 7.57. The summed E-state index contributed by atoms with van der Waals surface area (Å²) in [7, 11) is 2.05. The Morgan fingerprint density at radius 1 is 1.27 bits per heavy atom. The van der Waals surface area contributed by atoms with Crippen molar-refractivity contribution in [2.24, 2.45) is 5.92 Å². The van der Waals surface area contributed by atoms with E-state index in [0.717, 1.165) is 19.5 Å². The number of hydrogen-bond acceptors (Lipinski definition) is 3. The van der Waals surface area contributed by atoms with E-state index in [4.69, 9.17) is 4.74 Å². The van der Waals surface area contributed by atoms with Gasteiger partial charge in [0.2, 0.25) is 0 Å². The molecule has 0 spiro atoms. The summed E-state index contributed by atoms with van der Waals surface area (Å²) in [5, 5.41) is 3.46. The molecular formula is C18H36N2O2. The van der Waals surface area contributed by atoms with Crippen molar-refractivity contribution in [1.82, 2.24) is 10.2 Å². The Kier molecular flexibility index (Phi) is 8.23. The molecule has 130 valence electrons. The van der Waals surface area contributed by atoms with Crippen LogP contribution in [0.5, 0.6) is 0 Å². The highest BCUT2D eigenvalue weighted by Gasteiger charge is 2.33. The predicted octanol–water partition coefficient (Wildman–Crippen LogP) is 4.19. The zero-order chi connectivity index (χ0) is 16.6. The maximum absolute atomic E-state index is 12.1. The number of nitrogens with one attached hydrogen (secondary N) is 1. The molecule has 4 nitrogen and oxygen atoms in total. The summed E-state index contributed by atoms with van der Waals surface area (Å²) in [4.78, 5) is 14.0. The summed E-state index contributed by atoms with van der Waals surface area (Å²) >= 11 is 0. The van der Waals surface area contributed by atoms with E-state index in [1.54, 1.807) is 0 Å². The van der Waals surface area contributed by atoms with Gasteiger partial charge in [-0.3, -0.25) is 0 Å². The minimum atomic E-state index is -0.406. The first-order valence-corrected chi connectivity index (χ1v) is 9.02. The van der Waals surface area contributed by atoms with E-state index < -0.39 is 5.60 Å². The zero-order valence-electron chi connectivity index (χ0n) is 15.3. The minimum Gasteiger partial charge on any atom is -0.444 e. The SMILES string of the molecule is CCCCCCCC(NC)C1CCN(C(=O)OC(C)(C)C)C1. The predicted molar refractivity (Wildman–Crippen MR) is 92.1 cm³/mol. The molecule has 1 aliphatic heterocycles. The second kappa shape index (κ2) is 9.39. The molecule has 0 bridgehead atoms. The summed E-state index contributed by atoms with van der Waals surface area (Å²) in [6.07, 6.45) is 8.74. The van der Waals surface area contributed by atoms with Gasteiger partial charge in [-0.2, -0.15) is 0 Å². The van der Waals surface area contributed by atoms with Gasteiger partial charge >= 0.3 is 6.09 Å². The Balaban J connectivity index is 2.34. The maximum atomic E-state index is 12.1. The third kappa shape index (κ3) is 6.99. The zero-order valence-corrected chi connectivity index (χ0v) is 15.3. The Hall–Kier alpha value is -0.770. The third-order valence-electron chi connectivity index (χ3n) is 4.43. The Labute approximate surface area is 137 Å². The number of nitrogens with zero attached hydrogens (tertiary/aromatic N) is 1. The Bertz CT molecular complexity index is 326. The van der Waals surface area contributed by atoms with Gasteiger partial charge in [-0.25, -0.2) is 4.79 Å². The molecule has 22 heavy (non-hydrogen) atoms. The Morgan fingerprint density at radius 2 is 1.95 bits per heavy atom. The molecule has 1 aliphatic rings. The average Bonchev–Trinajstić information content (AvgIpc) is 2.91. The van der Waals surface area contributed by atoms with Gasteiger partial charge < -0.3 is 15.0 Å². The number of hydrogen-bond donors (Lipinski definition) is 1. The fraction of sp³-hybridized carbons (Fsp3) is 0.944. The van der Waals surface area contributed by atoms with Crippen LogP contribution in [0.3, 0.4) is 0 Å². The number of unbranched alkanes of at least 4 members (excludes halogenated alkanes) is 4. The number of rotatable bonds is 8. The van der Waals surface area contributed by atoms with Crippen LogP contribution in [-0.4, -0.2) is 42.8 Å². The lowest BCUT2D eigenvalue weighted by Gasteiger charge is -2.26. The molecule has 0 aliphatic carbocycles. The standard InChI is InChI=1S/C18H36N2O2/c1-6-7-8-9-10-11-16(19-5)15-12-13-20(14-15)17(21)22-18(2,3)4/h15-16,19H,6-14H2,1-5H3. The van der Waals surface area contributed by atoms with Crippen molar-refractivity contribution in [2.75, 3.05) is 20.1 Å². The van der Waals surface area contributed by atoms with Crippen LogP contribution in [0.4, 0.5) is 4.79 Å². The third-order valence-corrected chi connectivity index (χ3v) is 4.43. The summed E-state index contributed by atoms with van der Waals surface area (Å²) in [5.74, 6) is 0.559. The van der Waals surface area contributed by atoms with Gasteiger partial charge in [0, 0.05) is 19.1 Å². The van der Waals surface area contributed by atoms with E-state index in [0.29, 0.717) is 12.0 Å². The fourth-order valence-electron chi connectivity index (χ4n) is 3.19. The van der Waals surface area contributed by atoms with E-state index >= 15 is 0 Å². The molecule has 4 heteroatoms.